The van der Waals surface area contributed by atoms with Gasteiger partial charge in [0.25, 0.3) is 0 Å². The highest BCUT2D eigenvalue weighted by atomic mass is 16.5. The molecule has 58 heavy (non-hydrogen) atoms. The van der Waals surface area contributed by atoms with Crippen LogP contribution in [-0.4, -0.2) is 53.5 Å². The van der Waals surface area contributed by atoms with Gasteiger partial charge in [-0.2, -0.15) is 0 Å². The molecule has 0 spiro atoms. The number of aromatic amines is 2. The largest absolute Gasteiger partial charge is 0.497 e. The van der Waals surface area contributed by atoms with Gasteiger partial charge in [-0.15, -0.1) is 0 Å². The molecule has 1 unspecified atom stereocenters. The molecule has 284 valence electrons. The number of methoxy groups -OCH3 is 4. The Kier molecular flexibility index (Phi) is 8.46. The predicted molar refractivity (Wildman–Crippen MR) is 231 cm³/mol. The van der Waals surface area contributed by atoms with Crippen LogP contribution in [0.4, 0.5) is 0 Å². The Bertz CT molecular complexity index is 3050. The number of aliphatic hydroxyl groups excluding tert-OH is 1. The average molecular weight is 763 g/mol. The lowest BCUT2D eigenvalue weighted by atomic mass is 9.86. The summed E-state index contributed by atoms with van der Waals surface area (Å²) in [6.07, 6.45) is 7.27. The summed E-state index contributed by atoms with van der Waals surface area (Å²) in [5.74, 6) is 2.86. The second kappa shape index (κ2) is 14.0. The highest BCUT2D eigenvalue weighted by Gasteiger charge is 2.30. The van der Waals surface area contributed by atoms with Crippen LogP contribution in [0.1, 0.15) is 40.0 Å². The number of hydrogen-bond donors (Lipinski definition) is 3. The minimum Gasteiger partial charge on any atom is -0.497 e. The van der Waals surface area contributed by atoms with Gasteiger partial charge in [0.2, 0.25) is 0 Å². The number of H-pyrrole nitrogens is 2. The summed E-state index contributed by atoms with van der Waals surface area (Å²) in [6.45, 7) is 0. The molecule has 2 aliphatic heterocycles. The maximum Gasteiger partial charge on any atom is 0.119 e. The van der Waals surface area contributed by atoms with E-state index in [-0.39, 0.29) is 0 Å². The third-order valence-electron chi connectivity index (χ3n) is 11.1. The molecule has 0 amide bonds. The molecule has 7 aromatic rings. The minimum atomic E-state index is -0.912. The SMILES string of the molecule is COc1cccc(-c2c3nc(c(-c4cccc(OC)c4)c4ccc([nH]4)c(-c4cccc(OC)c4)c4cc5c([nH]4)c(c4nc2C=C4)-c2cc(OC)ccc2C5O)C=C3)c1. The van der Waals surface area contributed by atoms with Gasteiger partial charge in [0.05, 0.1) is 56.7 Å². The van der Waals surface area contributed by atoms with Crippen LogP contribution in [0.15, 0.2) is 109 Å². The molecule has 9 heteroatoms. The summed E-state index contributed by atoms with van der Waals surface area (Å²) in [6, 6.07) is 36.0. The van der Waals surface area contributed by atoms with Crippen molar-refractivity contribution in [2.75, 3.05) is 28.4 Å². The van der Waals surface area contributed by atoms with Gasteiger partial charge in [-0.3, -0.25) is 0 Å². The monoisotopic (exact) mass is 762 g/mol. The third kappa shape index (κ3) is 5.74. The number of fused-ring (bicyclic) bond motifs is 10. The zero-order valence-electron chi connectivity index (χ0n) is 32.3. The summed E-state index contributed by atoms with van der Waals surface area (Å²) in [4.78, 5) is 18.3. The molecule has 3 N–H and O–H groups in total. The van der Waals surface area contributed by atoms with E-state index >= 15 is 0 Å². The number of nitrogens with zero attached hydrogens (tertiary/aromatic N) is 2. The van der Waals surface area contributed by atoms with E-state index in [4.69, 9.17) is 28.9 Å². The highest BCUT2D eigenvalue weighted by Crippen LogP contribution is 2.47. The van der Waals surface area contributed by atoms with Crippen LogP contribution in [0.25, 0.3) is 90.9 Å². The third-order valence-corrected chi connectivity index (χ3v) is 11.1. The molecule has 1 aliphatic carbocycles. The second-order valence-corrected chi connectivity index (χ2v) is 14.3. The van der Waals surface area contributed by atoms with Crippen molar-refractivity contribution < 1.29 is 24.1 Å². The zero-order chi connectivity index (χ0) is 39.5. The second-order valence-electron chi connectivity index (χ2n) is 14.3. The summed E-state index contributed by atoms with van der Waals surface area (Å²) < 4.78 is 22.8. The number of nitrogens with one attached hydrogen (secondary N) is 2. The number of aliphatic hydroxyl groups is 1. The van der Waals surface area contributed by atoms with Crippen molar-refractivity contribution in [3.63, 3.8) is 0 Å². The quantitative estimate of drug-likeness (QED) is 0.148. The fraction of sp³-hybridized carbons (Fsp3) is 0.102. The fourth-order valence-electron chi connectivity index (χ4n) is 8.34. The normalized spacial score (nSPS) is 13.6. The predicted octanol–water partition coefficient (Wildman–Crippen LogP) is 10.8. The molecule has 4 aromatic carbocycles. The first-order valence-electron chi connectivity index (χ1n) is 18.9. The van der Waals surface area contributed by atoms with Crippen LogP contribution >= 0.6 is 0 Å². The van der Waals surface area contributed by atoms with E-state index in [1.165, 1.54) is 0 Å². The topological polar surface area (TPSA) is 115 Å². The number of ether oxygens (including phenoxy) is 4. The lowest BCUT2D eigenvalue weighted by Gasteiger charge is -2.22. The van der Waals surface area contributed by atoms with Crippen molar-refractivity contribution in [2.45, 2.75) is 6.10 Å². The Labute approximate surface area is 334 Å². The van der Waals surface area contributed by atoms with Gasteiger partial charge in [0.15, 0.2) is 0 Å². The Morgan fingerprint density at radius 3 is 1.50 bits per heavy atom. The number of aromatic nitrogens is 4. The van der Waals surface area contributed by atoms with Gasteiger partial charge in [0.1, 0.15) is 29.1 Å². The Balaban J connectivity index is 1.42. The molecule has 3 aromatic heterocycles. The molecular formula is C49H38N4O5. The van der Waals surface area contributed by atoms with E-state index in [9.17, 15) is 5.11 Å². The van der Waals surface area contributed by atoms with E-state index in [0.717, 1.165) is 118 Å². The number of rotatable bonds is 7. The minimum absolute atomic E-state index is 0.676. The molecule has 10 rings (SSSR count). The summed E-state index contributed by atoms with van der Waals surface area (Å²) in [5.41, 5.74) is 14.9. The summed E-state index contributed by atoms with van der Waals surface area (Å²) in [5, 5.41) is 12.1. The first-order chi connectivity index (χ1) is 28.4. The van der Waals surface area contributed by atoms with Crippen LogP contribution in [0.5, 0.6) is 23.0 Å². The first kappa shape index (κ1) is 35.1. The van der Waals surface area contributed by atoms with E-state index in [1.54, 1.807) is 28.4 Å². The lowest BCUT2D eigenvalue weighted by Crippen LogP contribution is -2.07. The van der Waals surface area contributed by atoms with Crippen molar-refractivity contribution in [1.29, 1.82) is 0 Å². The first-order valence-corrected chi connectivity index (χ1v) is 18.9. The fourth-order valence-corrected chi connectivity index (χ4v) is 8.34. The molecular weight excluding hydrogens is 725 g/mol. The van der Waals surface area contributed by atoms with Crippen molar-refractivity contribution in [3.8, 4) is 67.5 Å². The molecule has 0 fully saturated rings. The molecule has 1 atom stereocenters. The van der Waals surface area contributed by atoms with E-state index in [2.05, 4.69) is 52.4 Å². The van der Waals surface area contributed by atoms with Gasteiger partial charge >= 0.3 is 0 Å². The molecule has 8 bridgehead atoms. The lowest BCUT2D eigenvalue weighted by molar-refractivity contribution is 0.221. The average Bonchev–Trinajstić information content (AvgIpc) is 4.11. The maximum atomic E-state index is 12.1. The van der Waals surface area contributed by atoms with Crippen molar-refractivity contribution in [1.82, 2.24) is 19.9 Å². The number of benzene rings is 4. The van der Waals surface area contributed by atoms with E-state index in [1.807, 2.05) is 91.0 Å². The Morgan fingerprint density at radius 2 is 0.931 bits per heavy atom. The molecule has 5 heterocycles. The van der Waals surface area contributed by atoms with Crippen LogP contribution in [-0.2, 0) is 0 Å². The van der Waals surface area contributed by atoms with Crippen LogP contribution in [0, 0.1) is 0 Å². The van der Waals surface area contributed by atoms with E-state index in [0.29, 0.717) is 5.75 Å². The van der Waals surface area contributed by atoms with Gasteiger partial charge in [-0.25, -0.2) is 9.97 Å². The summed E-state index contributed by atoms with van der Waals surface area (Å²) in [7, 11) is 6.65. The highest BCUT2D eigenvalue weighted by molar-refractivity contribution is 6.02. The molecule has 0 saturated carbocycles. The smallest absolute Gasteiger partial charge is 0.119 e. The summed E-state index contributed by atoms with van der Waals surface area (Å²) >= 11 is 0. The van der Waals surface area contributed by atoms with Gasteiger partial charge in [-0.1, -0.05) is 42.5 Å². The van der Waals surface area contributed by atoms with Crippen LogP contribution in [0.3, 0.4) is 0 Å². The molecule has 0 radical (unpaired) electrons. The standard InChI is InChI=1S/C49H38N4O5/c1-55-30-11-5-8-27(22-30)44-37-16-17-38(50-37)45(28-9-6-12-31(23-28)56-2)40-20-21-42(52-40)47-35-25-33(58-4)14-15-34(35)49(54)36-26-43(53-48(36)47)46(41-19-18-39(44)51-41)29-10-7-13-32(24-29)57-3/h5-26,49,51,53-54H,1-4H3. The maximum absolute atomic E-state index is 12.1. The van der Waals surface area contributed by atoms with Crippen LogP contribution < -0.4 is 18.9 Å². The molecule has 3 aliphatic rings. The van der Waals surface area contributed by atoms with Gasteiger partial charge in [-0.05, 0) is 119 Å². The van der Waals surface area contributed by atoms with Crippen LogP contribution in [0.2, 0.25) is 0 Å². The van der Waals surface area contributed by atoms with E-state index < -0.39 is 6.10 Å². The van der Waals surface area contributed by atoms with Gasteiger partial charge in [0, 0.05) is 44.4 Å². The Morgan fingerprint density at radius 1 is 0.448 bits per heavy atom. The zero-order valence-corrected chi connectivity index (χ0v) is 32.3. The van der Waals surface area contributed by atoms with Crippen molar-refractivity contribution in [3.05, 3.63) is 143 Å². The Hall–Kier alpha value is -7.36. The molecule has 9 nitrogen and oxygen atoms in total. The van der Waals surface area contributed by atoms with Crippen molar-refractivity contribution in [2.24, 2.45) is 0 Å². The van der Waals surface area contributed by atoms with Crippen molar-refractivity contribution >= 4 is 46.4 Å². The van der Waals surface area contributed by atoms with Gasteiger partial charge < -0.3 is 34.0 Å². The molecule has 0 saturated heterocycles. The number of hydrogen-bond acceptors (Lipinski definition) is 7.